The van der Waals surface area contributed by atoms with Crippen molar-refractivity contribution in [2.24, 2.45) is 0 Å². The number of aryl methyl sites for hydroxylation is 1. The fourth-order valence-corrected chi connectivity index (χ4v) is 2.62. The maximum atomic E-state index is 13.4. The number of methoxy groups -OCH3 is 1. The van der Waals surface area contributed by atoms with Gasteiger partial charge in [-0.05, 0) is 41.8 Å². The van der Waals surface area contributed by atoms with Crippen molar-refractivity contribution in [1.82, 2.24) is 4.90 Å². The van der Waals surface area contributed by atoms with Crippen molar-refractivity contribution in [3.05, 3.63) is 65.2 Å². The number of benzene rings is 2. The molecule has 2 aromatic rings. The number of carbonyl (C=O) groups excluding carboxylic acids is 1. The van der Waals surface area contributed by atoms with Crippen LogP contribution in [0.3, 0.4) is 0 Å². The lowest BCUT2D eigenvalue weighted by Crippen LogP contribution is -2.32. The highest BCUT2D eigenvalue weighted by Crippen LogP contribution is 2.16. The van der Waals surface area contributed by atoms with E-state index in [1.165, 1.54) is 11.0 Å². The van der Waals surface area contributed by atoms with Gasteiger partial charge in [0.25, 0.3) is 0 Å². The van der Waals surface area contributed by atoms with E-state index in [1.807, 2.05) is 18.2 Å². The van der Waals surface area contributed by atoms with Crippen LogP contribution in [0.1, 0.15) is 24.0 Å². The molecule has 0 aliphatic heterocycles. The van der Waals surface area contributed by atoms with Crippen LogP contribution in [0.4, 0.5) is 8.78 Å². The van der Waals surface area contributed by atoms with Crippen LogP contribution < -0.4 is 4.74 Å². The van der Waals surface area contributed by atoms with Gasteiger partial charge < -0.3 is 14.7 Å². The highest BCUT2D eigenvalue weighted by atomic mass is 19.2. The van der Waals surface area contributed by atoms with Crippen LogP contribution in [0.2, 0.25) is 0 Å². The van der Waals surface area contributed by atoms with Crippen LogP contribution in [-0.2, 0) is 22.6 Å². The van der Waals surface area contributed by atoms with Gasteiger partial charge in [0, 0.05) is 19.5 Å². The summed E-state index contributed by atoms with van der Waals surface area (Å²) < 4.78 is 31.6. The fourth-order valence-electron chi connectivity index (χ4n) is 2.62. The normalized spacial score (nSPS) is 10.5. The van der Waals surface area contributed by atoms with Gasteiger partial charge in [0.05, 0.1) is 13.5 Å². The average molecular weight is 377 g/mol. The number of rotatable bonds is 9. The molecule has 2 rings (SSSR count). The number of amides is 1. The number of halogens is 2. The molecular weight excluding hydrogens is 356 g/mol. The van der Waals surface area contributed by atoms with Crippen LogP contribution in [0.25, 0.3) is 0 Å². The molecule has 2 aromatic carbocycles. The molecule has 0 aliphatic carbocycles. The van der Waals surface area contributed by atoms with Crippen LogP contribution in [0.15, 0.2) is 42.5 Å². The van der Waals surface area contributed by atoms with Crippen molar-refractivity contribution in [1.29, 1.82) is 0 Å². The number of ether oxygens (including phenoxy) is 1. The first-order valence-electron chi connectivity index (χ1n) is 8.45. The van der Waals surface area contributed by atoms with E-state index in [0.29, 0.717) is 17.7 Å². The molecule has 0 heterocycles. The Morgan fingerprint density at radius 1 is 1.04 bits per heavy atom. The monoisotopic (exact) mass is 377 g/mol. The summed E-state index contributed by atoms with van der Waals surface area (Å²) in [6.45, 7) is 0.00664. The van der Waals surface area contributed by atoms with Crippen molar-refractivity contribution in [3.8, 4) is 5.75 Å². The van der Waals surface area contributed by atoms with E-state index in [-0.39, 0.29) is 31.8 Å². The number of aliphatic carboxylic acids is 1. The summed E-state index contributed by atoms with van der Waals surface area (Å²) in [5.41, 5.74) is 1.31. The molecule has 0 aromatic heterocycles. The van der Waals surface area contributed by atoms with Gasteiger partial charge in [-0.1, -0.05) is 18.2 Å². The van der Waals surface area contributed by atoms with Gasteiger partial charge in [-0.15, -0.1) is 0 Å². The summed E-state index contributed by atoms with van der Waals surface area (Å²) in [6.07, 6.45) is 0.391. The molecular formula is C20H21F2NO4. The Balaban J connectivity index is 2.05. The summed E-state index contributed by atoms with van der Waals surface area (Å²) in [5.74, 6) is -2.59. The van der Waals surface area contributed by atoms with Gasteiger partial charge >= 0.3 is 5.97 Å². The number of hydrogen-bond acceptors (Lipinski definition) is 3. The van der Waals surface area contributed by atoms with Crippen LogP contribution in [0, 0.1) is 11.6 Å². The number of hydrogen-bond donors (Lipinski definition) is 1. The van der Waals surface area contributed by atoms with Crippen molar-refractivity contribution in [2.45, 2.75) is 25.8 Å². The van der Waals surface area contributed by atoms with Gasteiger partial charge in [0.2, 0.25) is 5.91 Å². The maximum Gasteiger partial charge on any atom is 0.305 e. The smallest absolute Gasteiger partial charge is 0.305 e. The lowest BCUT2D eigenvalue weighted by Gasteiger charge is -2.22. The summed E-state index contributed by atoms with van der Waals surface area (Å²) in [6, 6.07) is 10.7. The van der Waals surface area contributed by atoms with E-state index in [2.05, 4.69) is 0 Å². The molecule has 0 saturated heterocycles. The molecule has 0 saturated carbocycles. The van der Waals surface area contributed by atoms with E-state index >= 15 is 0 Å². The van der Waals surface area contributed by atoms with Crippen LogP contribution in [0.5, 0.6) is 5.75 Å². The zero-order valence-electron chi connectivity index (χ0n) is 15.0. The van der Waals surface area contributed by atoms with Crippen molar-refractivity contribution in [2.75, 3.05) is 13.7 Å². The molecule has 27 heavy (non-hydrogen) atoms. The molecule has 0 unspecified atom stereocenters. The predicted octanol–water partition coefficient (Wildman–Crippen LogP) is 3.41. The second-order valence-electron chi connectivity index (χ2n) is 6.06. The van der Waals surface area contributed by atoms with E-state index in [9.17, 15) is 18.4 Å². The minimum atomic E-state index is -1.04. The second-order valence-corrected chi connectivity index (χ2v) is 6.06. The molecule has 0 atom stereocenters. The molecule has 0 bridgehead atoms. The van der Waals surface area contributed by atoms with E-state index in [4.69, 9.17) is 9.84 Å². The number of carboxylic acids is 1. The molecule has 7 heteroatoms. The predicted molar refractivity (Wildman–Crippen MR) is 95.3 cm³/mol. The number of carboxylic acid groups (broad SMARTS) is 1. The molecule has 0 spiro atoms. The van der Waals surface area contributed by atoms with Gasteiger partial charge in [0.1, 0.15) is 5.75 Å². The lowest BCUT2D eigenvalue weighted by molar-refractivity contribution is -0.138. The van der Waals surface area contributed by atoms with E-state index in [1.54, 1.807) is 13.2 Å². The topological polar surface area (TPSA) is 66.8 Å². The Morgan fingerprint density at radius 3 is 2.48 bits per heavy atom. The van der Waals surface area contributed by atoms with E-state index < -0.39 is 17.6 Å². The quantitative estimate of drug-likeness (QED) is 0.727. The third kappa shape index (κ3) is 6.36. The Kier molecular flexibility index (Phi) is 7.28. The second kappa shape index (κ2) is 9.66. The largest absolute Gasteiger partial charge is 0.497 e. The fraction of sp³-hybridized carbons (Fsp3) is 0.300. The highest BCUT2D eigenvalue weighted by Gasteiger charge is 2.16. The molecule has 0 aliphatic rings. The molecule has 0 radical (unpaired) electrons. The molecule has 144 valence electrons. The summed E-state index contributed by atoms with van der Waals surface area (Å²) in [4.78, 5) is 24.8. The van der Waals surface area contributed by atoms with Gasteiger partial charge in [-0.3, -0.25) is 9.59 Å². The third-order valence-electron chi connectivity index (χ3n) is 4.07. The van der Waals surface area contributed by atoms with Gasteiger partial charge in [-0.2, -0.15) is 0 Å². The number of nitrogens with zero attached hydrogens (tertiary/aromatic N) is 1. The SMILES string of the molecule is COc1cccc(CCC(=O)N(CCC(=O)O)Cc2ccc(F)c(F)c2)c1. The van der Waals surface area contributed by atoms with Crippen molar-refractivity contribution in [3.63, 3.8) is 0 Å². The molecule has 1 N–H and O–H groups in total. The average Bonchev–Trinajstić information content (AvgIpc) is 2.66. The van der Waals surface area contributed by atoms with Gasteiger partial charge in [0.15, 0.2) is 11.6 Å². The Labute approximate surface area is 156 Å². The van der Waals surface area contributed by atoms with Crippen LogP contribution in [-0.4, -0.2) is 35.5 Å². The number of carbonyl (C=O) groups is 2. The zero-order valence-corrected chi connectivity index (χ0v) is 15.0. The Morgan fingerprint density at radius 2 is 1.81 bits per heavy atom. The third-order valence-corrected chi connectivity index (χ3v) is 4.07. The highest BCUT2D eigenvalue weighted by molar-refractivity contribution is 5.77. The molecule has 1 amide bonds. The Hall–Kier alpha value is -2.96. The molecule has 0 fully saturated rings. The van der Waals surface area contributed by atoms with E-state index in [0.717, 1.165) is 17.7 Å². The van der Waals surface area contributed by atoms with Crippen LogP contribution >= 0.6 is 0 Å². The Bertz CT molecular complexity index is 810. The summed E-state index contributed by atoms with van der Waals surface area (Å²) in [5, 5.41) is 8.89. The summed E-state index contributed by atoms with van der Waals surface area (Å²) in [7, 11) is 1.56. The molecule has 5 nitrogen and oxygen atoms in total. The van der Waals surface area contributed by atoms with Crippen molar-refractivity contribution < 1.29 is 28.2 Å². The summed E-state index contributed by atoms with van der Waals surface area (Å²) >= 11 is 0. The lowest BCUT2D eigenvalue weighted by atomic mass is 10.1. The van der Waals surface area contributed by atoms with Crippen molar-refractivity contribution >= 4 is 11.9 Å². The maximum absolute atomic E-state index is 13.4. The zero-order chi connectivity index (χ0) is 19.8. The first kappa shape index (κ1) is 20.4. The van der Waals surface area contributed by atoms with Gasteiger partial charge in [-0.25, -0.2) is 8.78 Å². The standard InChI is InChI=1S/C20H21F2NO4/c1-27-16-4-2-3-14(11-16)6-8-19(24)23(10-9-20(25)26)13-15-5-7-17(21)18(22)12-15/h2-5,7,11-12H,6,8-10,13H2,1H3,(H,25,26). The first-order chi connectivity index (χ1) is 12.9. The minimum Gasteiger partial charge on any atom is -0.497 e. The first-order valence-corrected chi connectivity index (χ1v) is 8.45. The minimum absolute atomic E-state index is 0.00866.